The van der Waals surface area contributed by atoms with Crippen LogP contribution in [-0.4, -0.2) is 55.0 Å². The summed E-state index contributed by atoms with van der Waals surface area (Å²) in [5.74, 6) is 0.328. The highest BCUT2D eigenvalue weighted by molar-refractivity contribution is 7.92. The molecule has 0 aliphatic rings. The van der Waals surface area contributed by atoms with Crippen molar-refractivity contribution >= 4 is 27.2 Å². The van der Waals surface area contributed by atoms with Crippen LogP contribution in [0.1, 0.15) is 26.3 Å². The number of sulfonamides is 1. The zero-order valence-corrected chi connectivity index (χ0v) is 24.1. The molecule has 0 bridgehead atoms. The van der Waals surface area contributed by atoms with Gasteiger partial charge in [-0.3, -0.25) is 4.72 Å². The van der Waals surface area contributed by atoms with Gasteiger partial charge in [-0.2, -0.15) is 4.98 Å². The van der Waals surface area contributed by atoms with Crippen molar-refractivity contribution in [3.05, 3.63) is 71.6 Å². The first-order chi connectivity index (χ1) is 19.0. The number of hydrogen-bond acceptors (Lipinski definition) is 10. The monoisotopic (exact) mass is 585 g/mol. The summed E-state index contributed by atoms with van der Waals surface area (Å²) in [4.78, 5) is 9.62. The number of hydrogen-bond donors (Lipinski definition) is 3. The van der Waals surface area contributed by atoms with Gasteiger partial charge < -0.3 is 24.4 Å². The predicted molar refractivity (Wildman–Crippen MR) is 153 cm³/mol. The largest absolute Gasteiger partial charge is 0.493 e. The van der Waals surface area contributed by atoms with Crippen LogP contribution in [0.15, 0.2) is 70.9 Å². The number of ether oxygens (including phenoxy) is 3. The number of para-hydroxylation sites is 2. The number of aromatic nitrogens is 2. The minimum absolute atomic E-state index is 0.0261. The van der Waals surface area contributed by atoms with Crippen molar-refractivity contribution in [1.82, 2.24) is 9.97 Å². The van der Waals surface area contributed by atoms with E-state index >= 15 is 0 Å². The Balaban J connectivity index is 1.84. The van der Waals surface area contributed by atoms with Crippen LogP contribution in [0.4, 0.5) is 5.82 Å². The molecule has 2 aromatic heterocycles. The molecule has 12 heteroatoms. The third-order valence-electron chi connectivity index (χ3n) is 5.74. The molecule has 3 N–H and O–H groups in total. The lowest BCUT2D eigenvalue weighted by molar-refractivity contribution is 0.0513. The fourth-order valence-electron chi connectivity index (χ4n) is 3.57. The van der Waals surface area contributed by atoms with Crippen LogP contribution in [0, 0.1) is 0 Å². The van der Waals surface area contributed by atoms with Crippen molar-refractivity contribution < 1.29 is 32.8 Å². The molecule has 0 aliphatic heterocycles. The maximum Gasteiger partial charge on any atom is 0.263 e. The molecular formula is C28H31N3O7S2. The molecule has 10 nitrogen and oxygen atoms in total. The first-order valence-electron chi connectivity index (χ1n) is 12.3. The summed E-state index contributed by atoms with van der Waals surface area (Å²) in [6.45, 7) is 5.24. The van der Waals surface area contributed by atoms with E-state index in [1.54, 1.807) is 48.5 Å². The van der Waals surface area contributed by atoms with Gasteiger partial charge in [-0.05, 0) is 46.7 Å². The van der Waals surface area contributed by atoms with Crippen molar-refractivity contribution in [3.8, 4) is 33.8 Å². The maximum atomic E-state index is 13.5. The Morgan fingerprint density at radius 3 is 2.30 bits per heavy atom. The molecule has 0 fully saturated rings. The SMILES string of the molecule is COc1ccccc1Oc1c(NS(=O)(=O)c2ccc(C(C)(C)C)cc2)nc(-c2cccs2)nc1OC[C@H](O)CO. The second-order valence-corrected chi connectivity index (χ2v) is 12.4. The van der Waals surface area contributed by atoms with Crippen LogP contribution in [0.25, 0.3) is 10.7 Å². The predicted octanol–water partition coefficient (Wildman–Crippen LogP) is 4.84. The van der Waals surface area contributed by atoms with E-state index in [2.05, 4.69) is 14.7 Å². The number of methoxy groups -OCH3 is 1. The lowest BCUT2D eigenvalue weighted by Gasteiger charge is -2.20. The number of anilines is 1. The fourth-order valence-corrected chi connectivity index (χ4v) is 5.23. The lowest BCUT2D eigenvalue weighted by Crippen LogP contribution is -2.22. The van der Waals surface area contributed by atoms with E-state index in [4.69, 9.17) is 14.2 Å². The minimum atomic E-state index is -4.14. The van der Waals surface area contributed by atoms with Gasteiger partial charge in [0.05, 0.1) is 23.5 Å². The average Bonchev–Trinajstić information content (AvgIpc) is 3.48. The molecule has 0 saturated heterocycles. The van der Waals surface area contributed by atoms with Crippen LogP contribution < -0.4 is 18.9 Å². The third kappa shape index (κ3) is 6.89. The highest BCUT2D eigenvalue weighted by Crippen LogP contribution is 2.42. The number of thiophene rings is 1. The van der Waals surface area contributed by atoms with Crippen LogP contribution >= 0.6 is 11.3 Å². The van der Waals surface area contributed by atoms with Crippen molar-refractivity contribution in [2.24, 2.45) is 0 Å². The second kappa shape index (κ2) is 12.2. The topological polar surface area (TPSA) is 140 Å². The minimum Gasteiger partial charge on any atom is -0.493 e. The Bertz CT molecular complexity index is 1540. The maximum absolute atomic E-state index is 13.5. The first-order valence-corrected chi connectivity index (χ1v) is 14.7. The van der Waals surface area contributed by atoms with Gasteiger partial charge in [-0.15, -0.1) is 11.3 Å². The van der Waals surface area contributed by atoms with E-state index in [-0.39, 0.29) is 45.9 Å². The quantitative estimate of drug-likeness (QED) is 0.226. The Morgan fingerprint density at radius 1 is 1.00 bits per heavy atom. The van der Waals surface area contributed by atoms with Crippen LogP contribution in [0.5, 0.6) is 23.1 Å². The zero-order chi connectivity index (χ0) is 28.9. The van der Waals surface area contributed by atoms with Gasteiger partial charge in [0.15, 0.2) is 23.1 Å². The van der Waals surface area contributed by atoms with E-state index in [0.717, 1.165) is 5.56 Å². The Morgan fingerprint density at radius 2 is 1.70 bits per heavy atom. The molecule has 0 unspecified atom stereocenters. The summed E-state index contributed by atoms with van der Waals surface area (Å²) < 4.78 is 46.9. The van der Waals surface area contributed by atoms with Crippen LogP contribution in [-0.2, 0) is 15.4 Å². The van der Waals surface area contributed by atoms with Gasteiger partial charge >= 0.3 is 0 Å². The second-order valence-electron chi connectivity index (χ2n) is 9.79. The Hall–Kier alpha value is -3.71. The van der Waals surface area contributed by atoms with Crippen molar-refractivity contribution in [3.63, 3.8) is 0 Å². The van der Waals surface area contributed by atoms with Gasteiger partial charge in [0.2, 0.25) is 5.75 Å². The summed E-state index contributed by atoms with van der Waals surface area (Å²) in [5.41, 5.74) is 0.825. The van der Waals surface area contributed by atoms with Gasteiger partial charge in [0.25, 0.3) is 15.9 Å². The zero-order valence-electron chi connectivity index (χ0n) is 22.5. The number of aliphatic hydroxyl groups is 2. The molecule has 0 saturated carbocycles. The first kappa shape index (κ1) is 29.3. The number of nitrogens with one attached hydrogen (secondary N) is 1. The molecule has 40 heavy (non-hydrogen) atoms. The van der Waals surface area contributed by atoms with Gasteiger partial charge in [-0.1, -0.05) is 51.1 Å². The Labute approximate surface area is 237 Å². The van der Waals surface area contributed by atoms with E-state index < -0.39 is 22.7 Å². The van der Waals surface area contributed by atoms with Crippen molar-refractivity contribution in [2.45, 2.75) is 37.2 Å². The van der Waals surface area contributed by atoms with E-state index in [1.807, 2.05) is 26.2 Å². The summed E-state index contributed by atoms with van der Waals surface area (Å²) in [6.07, 6.45) is -1.21. The molecule has 4 rings (SSSR count). The Kier molecular flexibility index (Phi) is 8.94. The summed E-state index contributed by atoms with van der Waals surface area (Å²) in [7, 11) is -2.67. The summed E-state index contributed by atoms with van der Waals surface area (Å²) in [5, 5.41) is 21.1. The highest BCUT2D eigenvalue weighted by atomic mass is 32.2. The van der Waals surface area contributed by atoms with E-state index in [1.165, 1.54) is 30.6 Å². The molecule has 2 aromatic carbocycles. The van der Waals surface area contributed by atoms with Crippen LogP contribution in [0.3, 0.4) is 0 Å². The summed E-state index contributed by atoms with van der Waals surface area (Å²) >= 11 is 1.35. The van der Waals surface area contributed by atoms with Crippen molar-refractivity contribution in [1.29, 1.82) is 0 Å². The van der Waals surface area contributed by atoms with E-state index in [9.17, 15) is 18.6 Å². The van der Waals surface area contributed by atoms with Gasteiger partial charge in [0, 0.05) is 0 Å². The fraction of sp³-hybridized carbons (Fsp3) is 0.286. The normalized spacial score (nSPS) is 12.6. The van der Waals surface area contributed by atoms with E-state index in [0.29, 0.717) is 10.6 Å². The van der Waals surface area contributed by atoms with Crippen molar-refractivity contribution in [2.75, 3.05) is 25.0 Å². The number of rotatable bonds is 11. The molecule has 0 aliphatic carbocycles. The molecule has 0 amide bonds. The molecule has 2 heterocycles. The summed E-state index contributed by atoms with van der Waals surface area (Å²) in [6, 6.07) is 16.9. The average molecular weight is 586 g/mol. The molecule has 4 aromatic rings. The number of benzene rings is 2. The molecule has 0 spiro atoms. The van der Waals surface area contributed by atoms with Crippen LogP contribution in [0.2, 0.25) is 0 Å². The molecule has 1 atom stereocenters. The third-order valence-corrected chi connectivity index (χ3v) is 7.96. The smallest absolute Gasteiger partial charge is 0.263 e. The highest BCUT2D eigenvalue weighted by Gasteiger charge is 2.26. The lowest BCUT2D eigenvalue weighted by atomic mass is 9.87. The van der Waals surface area contributed by atoms with Gasteiger partial charge in [-0.25, -0.2) is 13.4 Å². The molecule has 0 radical (unpaired) electrons. The molecular weight excluding hydrogens is 554 g/mol. The number of aliphatic hydroxyl groups excluding tert-OH is 2. The standard InChI is InChI=1S/C28H31N3O7S2/c1-28(2,3)18-11-13-20(14-12-18)40(34,35)31-26-24(38-22-9-6-5-8-21(22)36-4)27(37-17-19(33)16-32)30-25(29-26)23-10-7-15-39-23/h5-15,19,32-33H,16-17H2,1-4H3,(H,29,30,31)/t19-/m1/s1. The molecule has 212 valence electrons. The number of nitrogens with zero attached hydrogens (tertiary/aromatic N) is 2. The van der Waals surface area contributed by atoms with Gasteiger partial charge in [0.1, 0.15) is 12.7 Å².